The molecule has 0 saturated heterocycles. The minimum atomic E-state index is 0.356. The van der Waals surface area contributed by atoms with Crippen LogP contribution in [0.1, 0.15) is 23.7 Å². The van der Waals surface area contributed by atoms with Crippen LogP contribution in [-0.4, -0.2) is 20.0 Å². The van der Waals surface area contributed by atoms with Gasteiger partial charge in [0.15, 0.2) is 17.8 Å². The topological polar surface area (TPSA) is 35.5 Å². The average molecular weight is 255 g/mol. The predicted octanol–water partition coefficient (Wildman–Crippen LogP) is 3.51. The maximum Gasteiger partial charge on any atom is 0.172 e. The number of hydrogen-bond donors (Lipinski definition) is 0. The molecule has 0 N–H and O–H groups in total. The molecule has 3 nitrogen and oxygen atoms in total. The van der Waals surface area contributed by atoms with E-state index in [4.69, 9.17) is 21.1 Å². The van der Waals surface area contributed by atoms with Gasteiger partial charge >= 0.3 is 0 Å². The van der Waals surface area contributed by atoms with Crippen molar-refractivity contribution >= 4 is 17.9 Å². The van der Waals surface area contributed by atoms with Gasteiger partial charge in [-0.3, -0.25) is 4.79 Å². The fourth-order valence-electron chi connectivity index (χ4n) is 1.26. The first-order chi connectivity index (χ1) is 8.12. The normalized spacial score (nSPS) is 9.82. The highest BCUT2D eigenvalue weighted by atomic mass is 35.5. The third-order valence-corrected chi connectivity index (χ3v) is 2.53. The zero-order valence-corrected chi connectivity index (χ0v) is 10.7. The van der Waals surface area contributed by atoms with Gasteiger partial charge in [-0.2, -0.15) is 0 Å². The lowest BCUT2D eigenvalue weighted by atomic mass is 10.2. The highest BCUT2D eigenvalue weighted by molar-refractivity contribution is 6.31. The van der Waals surface area contributed by atoms with Crippen molar-refractivity contribution in [3.8, 4) is 11.5 Å². The molecule has 0 aliphatic heterocycles. The number of benzene rings is 1. The van der Waals surface area contributed by atoms with Crippen LogP contribution in [0.2, 0.25) is 5.02 Å². The Bertz CT molecular complexity index is 427. The molecule has 0 atom stereocenters. The van der Waals surface area contributed by atoms with Crippen LogP contribution < -0.4 is 9.47 Å². The van der Waals surface area contributed by atoms with Gasteiger partial charge in [0.1, 0.15) is 6.61 Å². The molecule has 1 rings (SSSR count). The third kappa shape index (κ3) is 3.49. The summed E-state index contributed by atoms with van der Waals surface area (Å²) < 4.78 is 10.7. The largest absolute Gasteiger partial charge is 0.493 e. The molecule has 1 aromatic carbocycles. The number of hydrogen-bond acceptors (Lipinski definition) is 3. The van der Waals surface area contributed by atoms with E-state index in [9.17, 15) is 4.79 Å². The number of methoxy groups -OCH3 is 1. The Balaban J connectivity index is 3.02. The first-order valence-electron chi connectivity index (χ1n) is 5.24. The Labute approximate surface area is 106 Å². The molecular formula is C13H15ClO3. The van der Waals surface area contributed by atoms with E-state index >= 15 is 0 Å². The quantitative estimate of drug-likeness (QED) is 0.576. The summed E-state index contributed by atoms with van der Waals surface area (Å²) in [4.78, 5) is 10.9. The van der Waals surface area contributed by atoms with Crippen LogP contribution in [-0.2, 0) is 0 Å². The van der Waals surface area contributed by atoms with Gasteiger partial charge in [-0.1, -0.05) is 25.1 Å². The van der Waals surface area contributed by atoms with Gasteiger partial charge in [0, 0.05) is 11.1 Å². The molecule has 92 valence electrons. The summed E-state index contributed by atoms with van der Waals surface area (Å²) in [7, 11) is 1.50. The van der Waals surface area contributed by atoms with E-state index in [-0.39, 0.29) is 0 Å². The van der Waals surface area contributed by atoms with E-state index in [0.717, 1.165) is 12.0 Å². The molecule has 0 bridgehead atoms. The number of carbonyl (C=O) groups excluding carboxylic acids is 1. The summed E-state index contributed by atoms with van der Waals surface area (Å²) in [5, 5.41) is 0.436. The third-order valence-electron chi connectivity index (χ3n) is 2.32. The van der Waals surface area contributed by atoms with Gasteiger partial charge in [0.05, 0.1) is 12.7 Å². The van der Waals surface area contributed by atoms with E-state index in [1.807, 2.05) is 6.92 Å². The number of carbonyl (C=O) groups is 1. The first-order valence-corrected chi connectivity index (χ1v) is 5.62. The molecule has 0 amide bonds. The van der Waals surface area contributed by atoms with Crippen molar-refractivity contribution in [1.82, 2.24) is 0 Å². The van der Waals surface area contributed by atoms with E-state index < -0.39 is 0 Å². The Hall–Kier alpha value is -1.48. The molecule has 0 aliphatic rings. The molecular weight excluding hydrogens is 240 g/mol. The number of halogens is 1. The zero-order valence-electron chi connectivity index (χ0n) is 9.96. The first kappa shape index (κ1) is 13.6. The standard InChI is InChI=1S/C13H15ClO3/c1-4-9(2)8-17-13-10(7-15)5-11(14)6-12(13)16-3/h5-7H,2,4,8H2,1,3H3. The van der Waals surface area contributed by atoms with Gasteiger partial charge in [0.25, 0.3) is 0 Å². The molecule has 1 aromatic rings. The van der Waals surface area contributed by atoms with Gasteiger partial charge in [-0.05, 0) is 18.1 Å². The number of ether oxygens (including phenoxy) is 2. The second kappa shape index (κ2) is 6.30. The molecule has 0 saturated carbocycles. The van der Waals surface area contributed by atoms with Gasteiger partial charge in [-0.15, -0.1) is 0 Å². The van der Waals surface area contributed by atoms with E-state index in [1.165, 1.54) is 7.11 Å². The molecule has 0 fully saturated rings. The van der Waals surface area contributed by atoms with Crippen LogP contribution in [0, 0.1) is 0 Å². The van der Waals surface area contributed by atoms with Crippen molar-refractivity contribution in [3.05, 3.63) is 34.9 Å². The Kier molecular flexibility index (Phi) is 5.04. The van der Waals surface area contributed by atoms with Crippen LogP contribution in [0.4, 0.5) is 0 Å². The van der Waals surface area contributed by atoms with Crippen molar-refractivity contribution in [3.63, 3.8) is 0 Å². The van der Waals surface area contributed by atoms with Crippen LogP contribution in [0.3, 0.4) is 0 Å². The number of rotatable bonds is 6. The SMILES string of the molecule is C=C(CC)COc1c(C=O)cc(Cl)cc1OC. The minimum Gasteiger partial charge on any atom is -0.493 e. The van der Waals surface area contributed by atoms with Crippen LogP contribution in [0.5, 0.6) is 11.5 Å². The Morgan fingerprint density at radius 1 is 1.53 bits per heavy atom. The summed E-state index contributed by atoms with van der Waals surface area (Å²) >= 11 is 5.86. The molecule has 4 heteroatoms. The molecule has 0 radical (unpaired) electrons. The van der Waals surface area contributed by atoms with Gasteiger partial charge in [0.2, 0.25) is 0 Å². The van der Waals surface area contributed by atoms with Crippen LogP contribution in [0.25, 0.3) is 0 Å². The van der Waals surface area contributed by atoms with Crippen molar-refractivity contribution < 1.29 is 14.3 Å². The van der Waals surface area contributed by atoms with Gasteiger partial charge < -0.3 is 9.47 Å². The average Bonchev–Trinajstić information content (AvgIpc) is 2.35. The zero-order chi connectivity index (χ0) is 12.8. The lowest BCUT2D eigenvalue weighted by Gasteiger charge is -2.13. The smallest absolute Gasteiger partial charge is 0.172 e. The van der Waals surface area contributed by atoms with Crippen LogP contribution in [0.15, 0.2) is 24.3 Å². The fourth-order valence-corrected chi connectivity index (χ4v) is 1.48. The van der Waals surface area contributed by atoms with Crippen molar-refractivity contribution in [2.75, 3.05) is 13.7 Å². The maximum absolute atomic E-state index is 10.9. The van der Waals surface area contributed by atoms with Crippen molar-refractivity contribution in [1.29, 1.82) is 0 Å². The second-order valence-electron chi connectivity index (χ2n) is 3.54. The van der Waals surface area contributed by atoms with E-state index in [0.29, 0.717) is 35.0 Å². The molecule has 17 heavy (non-hydrogen) atoms. The second-order valence-corrected chi connectivity index (χ2v) is 3.97. The summed E-state index contributed by atoms with van der Waals surface area (Å²) in [5.74, 6) is 0.852. The summed E-state index contributed by atoms with van der Waals surface area (Å²) in [6.07, 6.45) is 1.52. The highest BCUT2D eigenvalue weighted by Crippen LogP contribution is 2.34. The lowest BCUT2D eigenvalue weighted by molar-refractivity contribution is 0.111. The number of aldehydes is 1. The summed E-state index contributed by atoms with van der Waals surface area (Å²) in [6.45, 7) is 6.18. The van der Waals surface area contributed by atoms with Crippen LogP contribution >= 0.6 is 11.6 Å². The fraction of sp³-hybridized carbons (Fsp3) is 0.308. The minimum absolute atomic E-state index is 0.356. The molecule has 0 unspecified atom stereocenters. The molecule has 0 aromatic heterocycles. The predicted molar refractivity (Wildman–Crippen MR) is 68.3 cm³/mol. The Morgan fingerprint density at radius 2 is 2.24 bits per heavy atom. The van der Waals surface area contributed by atoms with Crippen molar-refractivity contribution in [2.45, 2.75) is 13.3 Å². The van der Waals surface area contributed by atoms with E-state index in [2.05, 4.69) is 6.58 Å². The Morgan fingerprint density at radius 3 is 2.76 bits per heavy atom. The highest BCUT2D eigenvalue weighted by Gasteiger charge is 2.12. The summed E-state index contributed by atoms with van der Waals surface area (Å²) in [5.41, 5.74) is 1.32. The monoisotopic (exact) mass is 254 g/mol. The lowest BCUT2D eigenvalue weighted by Crippen LogP contribution is -2.03. The summed E-state index contributed by atoms with van der Waals surface area (Å²) in [6, 6.07) is 3.15. The molecule has 0 spiro atoms. The van der Waals surface area contributed by atoms with E-state index in [1.54, 1.807) is 12.1 Å². The van der Waals surface area contributed by atoms with Crippen molar-refractivity contribution in [2.24, 2.45) is 0 Å². The molecule has 0 heterocycles. The molecule has 0 aliphatic carbocycles. The maximum atomic E-state index is 10.9. The van der Waals surface area contributed by atoms with Gasteiger partial charge in [-0.25, -0.2) is 0 Å².